The van der Waals surface area contributed by atoms with Crippen LogP contribution >= 0.6 is 11.6 Å². The van der Waals surface area contributed by atoms with Gasteiger partial charge in [-0.15, -0.1) is 0 Å². The Morgan fingerprint density at radius 1 is 1.20 bits per heavy atom. The fourth-order valence-corrected chi connectivity index (χ4v) is 4.23. The van der Waals surface area contributed by atoms with Crippen LogP contribution in [0.1, 0.15) is 50.2 Å². The van der Waals surface area contributed by atoms with E-state index in [0.29, 0.717) is 24.5 Å². The standard InChI is InChI=1S/C23H29ClN2O4/c1-15(2)19(25-20(27)18-6-5-13-30-18)21(28)26-12-11-23(29,22(3,4)14-26)16-7-9-17(24)10-8-16/h5-10,13,15,19,29H,11-12,14H2,1-4H3,(H,25,27)/t19-,23+/m1/s1. The molecule has 3 rings (SSSR count). The highest BCUT2D eigenvalue weighted by molar-refractivity contribution is 6.30. The van der Waals surface area contributed by atoms with Crippen LogP contribution in [-0.2, 0) is 10.4 Å². The molecule has 2 N–H and O–H groups in total. The second kappa shape index (κ2) is 8.44. The van der Waals surface area contributed by atoms with Gasteiger partial charge in [-0.2, -0.15) is 0 Å². The van der Waals surface area contributed by atoms with Crippen molar-refractivity contribution >= 4 is 23.4 Å². The molecule has 0 bridgehead atoms. The molecule has 1 aliphatic rings. The van der Waals surface area contributed by atoms with E-state index in [4.69, 9.17) is 16.0 Å². The van der Waals surface area contributed by atoms with Crippen molar-refractivity contribution in [3.05, 3.63) is 59.0 Å². The number of hydrogen-bond acceptors (Lipinski definition) is 4. The Hall–Kier alpha value is -2.31. The number of furan rings is 1. The molecule has 1 aliphatic heterocycles. The van der Waals surface area contributed by atoms with Crippen LogP contribution in [0.5, 0.6) is 0 Å². The van der Waals surface area contributed by atoms with E-state index in [9.17, 15) is 14.7 Å². The Balaban J connectivity index is 1.77. The summed E-state index contributed by atoms with van der Waals surface area (Å²) in [5.41, 5.74) is -0.893. The average Bonchev–Trinajstić information content (AvgIpc) is 3.22. The van der Waals surface area contributed by atoms with Crippen LogP contribution in [-0.4, -0.2) is 41.0 Å². The Morgan fingerprint density at radius 2 is 1.87 bits per heavy atom. The second-order valence-corrected chi connectivity index (χ2v) is 9.37. The fourth-order valence-electron chi connectivity index (χ4n) is 4.10. The molecule has 30 heavy (non-hydrogen) atoms. The third-order valence-corrected chi connectivity index (χ3v) is 6.30. The Labute approximate surface area is 182 Å². The zero-order valence-corrected chi connectivity index (χ0v) is 18.6. The van der Waals surface area contributed by atoms with E-state index < -0.39 is 23.0 Å². The number of benzene rings is 1. The molecule has 0 saturated carbocycles. The highest BCUT2D eigenvalue weighted by Crippen LogP contribution is 2.46. The number of nitrogens with one attached hydrogen (secondary N) is 1. The minimum absolute atomic E-state index is 0.100. The van der Waals surface area contributed by atoms with Crippen molar-refractivity contribution in [3.63, 3.8) is 0 Å². The third-order valence-electron chi connectivity index (χ3n) is 6.05. The molecule has 162 valence electrons. The molecule has 1 aromatic heterocycles. The van der Waals surface area contributed by atoms with E-state index in [0.717, 1.165) is 5.56 Å². The number of nitrogens with zero attached hydrogens (tertiary/aromatic N) is 1. The van der Waals surface area contributed by atoms with Crippen molar-refractivity contribution in [3.8, 4) is 0 Å². The average molecular weight is 433 g/mol. The van der Waals surface area contributed by atoms with Crippen molar-refractivity contribution in [1.29, 1.82) is 0 Å². The maximum Gasteiger partial charge on any atom is 0.287 e. The minimum atomic E-state index is -1.08. The molecule has 0 aliphatic carbocycles. The van der Waals surface area contributed by atoms with Gasteiger partial charge >= 0.3 is 0 Å². The van der Waals surface area contributed by atoms with Crippen molar-refractivity contribution in [2.75, 3.05) is 13.1 Å². The van der Waals surface area contributed by atoms with Crippen molar-refractivity contribution in [2.45, 2.75) is 45.8 Å². The molecular formula is C23H29ClN2O4. The fraction of sp³-hybridized carbons (Fsp3) is 0.478. The number of rotatable bonds is 5. The predicted molar refractivity (Wildman–Crippen MR) is 115 cm³/mol. The highest BCUT2D eigenvalue weighted by Gasteiger charge is 2.50. The first-order valence-corrected chi connectivity index (χ1v) is 10.5. The van der Waals surface area contributed by atoms with E-state index in [1.54, 1.807) is 29.2 Å². The molecule has 0 spiro atoms. The van der Waals surface area contributed by atoms with Crippen LogP contribution in [0.25, 0.3) is 0 Å². The molecule has 6 nitrogen and oxygen atoms in total. The van der Waals surface area contributed by atoms with Crippen LogP contribution in [0, 0.1) is 11.3 Å². The van der Waals surface area contributed by atoms with Gasteiger partial charge in [0.25, 0.3) is 5.91 Å². The van der Waals surface area contributed by atoms with Gasteiger partial charge in [0, 0.05) is 23.5 Å². The molecule has 2 atom stereocenters. The number of hydrogen-bond donors (Lipinski definition) is 2. The number of halogens is 1. The third kappa shape index (κ3) is 4.25. The van der Waals surface area contributed by atoms with E-state index >= 15 is 0 Å². The number of carbonyl (C=O) groups excluding carboxylic acids is 2. The summed E-state index contributed by atoms with van der Waals surface area (Å²) in [4.78, 5) is 27.5. The molecule has 0 radical (unpaired) electrons. The van der Waals surface area contributed by atoms with E-state index in [-0.39, 0.29) is 17.6 Å². The molecule has 2 aromatic rings. The van der Waals surface area contributed by atoms with E-state index in [2.05, 4.69) is 5.32 Å². The van der Waals surface area contributed by atoms with Crippen LogP contribution in [0.15, 0.2) is 47.1 Å². The van der Waals surface area contributed by atoms with Crippen molar-refractivity contribution in [2.24, 2.45) is 11.3 Å². The molecule has 1 fully saturated rings. The van der Waals surface area contributed by atoms with E-state index in [1.165, 1.54) is 6.26 Å². The van der Waals surface area contributed by atoms with Gasteiger partial charge in [0.05, 0.1) is 11.9 Å². The molecule has 0 unspecified atom stereocenters. The normalized spacial score (nSPS) is 22.0. The van der Waals surface area contributed by atoms with Gasteiger partial charge in [-0.25, -0.2) is 0 Å². The summed E-state index contributed by atoms with van der Waals surface area (Å²) in [5.74, 6) is -0.502. The number of carbonyl (C=O) groups is 2. The first kappa shape index (κ1) is 22.4. The Bertz CT molecular complexity index is 892. The maximum absolute atomic E-state index is 13.3. The monoisotopic (exact) mass is 432 g/mol. The number of likely N-dealkylation sites (tertiary alicyclic amines) is 1. The maximum atomic E-state index is 13.3. The van der Waals surface area contributed by atoms with Gasteiger partial charge in [-0.3, -0.25) is 9.59 Å². The molecule has 2 heterocycles. The van der Waals surface area contributed by atoms with Gasteiger partial charge in [0.2, 0.25) is 5.91 Å². The summed E-state index contributed by atoms with van der Waals surface area (Å²) < 4.78 is 5.14. The molecule has 2 amide bonds. The topological polar surface area (TPSA) is 82.8 Å². The lowest BCUT2D eigenvalue weighted by Crippen LogP contribution is -2.60. The van der Waals surface area contributed by atoms with Crippen LogP contribution < -0.4 is 5.32 Å². The summed E-state index contributed by atoms with van der Waals surface area (Å²) in [6.07, 6.45) is 1.82. The summed E-state index contributed by atoms with van der Waals surface area (Å²) in [6.45, 7) is 8.44. The van der Waals surface area contributed by atoms with Gasteiger partial charge < -0.3 is 19.7 Å². The molecule has 1 saturated heterocycles. The van der Waals surface area contributed by atoms with Crippen LogP contribution in [0.2, 0.25) is 5.02 Å². The largest absolute Gasteiger partial charge is 0.459 e. The first-order chi connectivity index (χ1) is 14.0. The zero-order chi connectivity index (χ0) is 22.1. The lowest BCUT2D eigenvalue weighted by molar-refractivity contribution is -0.155. The van der Waals surface area contributed by atoms with Crippen molar-refractivity contribution < 1.29 is 19.1 Å². The van der Waals surface area contributed by atoms with Gasteiger partial charge in [0.15, 0.2) is 5.76 Å². The number of amides is 2. The van der Waals surface area contributed by atoms with Gasteiger partial charge in [-0.05, 0) is 42.2 Å². The van der Waals surface area contributed by atoms with Gasteiger partial charge in [0.1, 0.15) is 6.04 Å². The molecule has 7 heteroatoms. The smallest absolute Gasteiger partial charge is 0.287 e. The summed E-state index contributed by atoms with van der Waals surface area (Å²) in [7, 11) is 0. The second-order valence-electron chi connectivity index (χ2n) is 8.93. The van der Waals surface area contributed by atoms with Crippen molar-refractivity contribution in [1.82, 2.24) is 10.2 Å². The minimum Gasteiger partial charge on any atom is -0.459 e. The lowest BCUT2D eigenvalue weighted by atomic mass is 9.66. The quantitative estimate of drug-likeness (QED) is 0.752. The summed E-state index contributed by atoms with van der Waals surface area (Å²) in [6, 6.07) is 9.71. The summed E-state index contributed by atoms with van der Waals surface area (Å²) >= 11 is 6.00. The highest BCUT2D eigenvalue weighted by atomic mass is 35.5. The van der Waals surface area contributed by atoms with E-state index in [1.807, 2.05) is 39.8 Å². The Kier molecular flexibility index (Phi) is 6.29. The zero-order valence-electron chi connectivity index (χ0n) is 17.8. The Morgan fingerprint density at radius 3 is 2.40 bits per heavy atom. The van der Waals surface area contributed by atoms with Crippen LogP contribution in [0.4, 0.5) is 0 Å². The lowest BCUT2D eigenvalue weighted by Gasteiger charge is -2.51. The predicted octanol–water partition coefficient (Wildman–Crippen LogP) is 3.83. The number of aliphatic hydroxyl groups is 1. The SMILES string of the molecule is CC(C)[C@@H](NC(=O)c1ccco1)C(=O)N1CC[C@](O)(c2ccc(Cl)cc2)C(C)(C)C1. The molecular weight excluding hydrogens is 404 g/mol. The molecule has 1 aromatic carbocycles. The first-order valence-electron chi connectivity index (χ1n) is 10.2. The van der Waals surface area contributed by atoms with Crippen LogP contribution in [0.3, 0.4) is 0 Å². The summed E-state index contributed by atoms with van der Waals surface area (Å²) in [5, 5.41) is 14.9. The van der Waals surface area contributed by atoms with Gasteiger partial charge in [-0.1, -0.05) is 51.4 Å². The number of piperidine rings is 1.